The average molecular weight is 233 g/mol. The van der Waals surface area contributed by atoms with E-state index >= 15 is 0 Å². The molecule has 0 aromatic heterocycles. The molecule has 17 heavy (non-hydrogen) atoms. The molecular weight excluding hydrogens is 210 g/mol. The Morgan fingerprint density at radius 2 is 1.88 bits per heavy atom. The summed E-state index contributed by atoms with van der Waals surface area (Å²) in [7, 11) is 1.73. The summed E-state index contributed by atoms with van der Waals surface area (Å²) in [6, 6.07) is 9.14. The highest BCUT2D eigenvalue weighted by atomic mass is 16.5. The molecular formula is C15H23NO. The number of nitrogens with one attached hydrogen (secondary N) is 1. The number of benzene rings is 1. The summed E-state index contributed by atoms with van der Waals surface area (Å²) in [6.07, 6.45) is 2.69. The Morgan fingerprint density at radius 3 is 2.47 bits per heavy atom. The van der Waals surface area contributed by atoms with Crippen LogP contribution in [0.2, 0.25) is 0 Å². The maximum atomic E-state index is 5.41. The Hall–Kier alpha value is -1.02. The summed E-state index contributed by atoms with van der Waals surface area (Å²) in [5.41, 5.74) is 1.75. The highest BCUT2D eigenvalue weighted by Gasteiger charge is 2.42. The van der Waals surface area contributed by atoms with E-state index < -0.39 is 0 Å². The molecule has 2 rings (SSSR count). The maximum absolute atomic E-state index is 5.41. The second kappa shape index (κ2) is 4.69. The first-order chi connectivity index (χ1) is 8.07. The van der Waals surface area contributed by atoms with Gasteiger partial charge in [0.15, 0.2) is 0 Å². The summed E-state index contributed by atoms with van der Waals surface area (Å²) in [5.74, 6) is 0.973. The molecule has 0 radical (unpaired) electrons. The minimum absolute atomic E-state index is 0.332. The van der Waals surface area contributed by atoms with E-state index in [1.165, 1.54) is 18.4 Å². The number of hydrogen-bond acceptors (Lipinski definition) is 2. The van der Waals surface area contributed by atoms with Gasteiger partial charge in [-0.3, -0.25) is 0 Å². The molecule has 1 aromatic carbocycles. The average Bonchev–Trinajstić information content (AvgIpc) is 3.08. The van der Waals surface area contributed by atoms with Crippen LogP contribution in [-0.2, 0) is 0 Å². The molecule has 0 amide bonds. The molecule has 1 saturated carbocycles. The highest BCUT2D eigenvalue weighted by Crippen LogP contribution is 2.48. The highest BCUT2D eigenvalue weighted by molar-refractivity contribution is 5.35. The van der Waals surface area contributed by atoms with Crippen molar-refractivity contribution in [3.05, 3.63) is 29.8 Å². The van der Waals surface area contributed by atoms with Crippen LogP contribution in [0.1, 0.15) is 45.2 Å². The van der Waals surface area contributed by atoms with Crippen LogP contribution in [0, 0.1) is 5.41 Å². The number of rotatable bonds is 5. The number of para-hydroxylation sites is 1. The molecule has 0 aliphatic heterocycles. The van der Waals surface area contributed by atoms with Gasteiger partial charge in [-0.15, -0.1) is 0 Å². The smallest absolute Gasteiger partial charge is 0.123 e. The summed E-state index contributed by atoms with van der Waals surface area (Å²) >= 11 is 0. The van der Waals surface area contributed by atoms with Crippen LogP contribution in [0.5, 0.6) is 5.75 Å². The first kappa shape index (κ1) is 12.4. The molecule has 2 atom stereocenters. The minimum atomic E-state index is 0.332. The molecule has 1 aliphatic carbocycles. The van der Waals surface area contributed by atoms with Crippen molar-refractivity contribution in [2.45, 2.75) is 45.7 Å². The van der Waals surface area contributed by atoms with E-state index in [0.29, 0.717) is 17.5 Å². The maximum Gasteiger partial charge on any atom is 0.123 e. The molecule has 1 aromatic rings. The Morgan fingerprint density at radius 1 is 1.24 bits per heavy atom. The lowest BCUT2D eigenvalue weighted by molar-refractivity contribution is 0.341. The molecule has 0 spiro atoms. The Kier molecular flexibility index (Phi) is 3.43. The molecule has 0 bridgehead atoms. The van der Waals surface area contributed by atoms with E-state index in [1.807, 2.05) is 12.1 Å². The largest absolute Gasteiger partial charge is 0.496 e. The fourth-order valence-corrected chi connectivity index (χ4v) is 2.32. The van der Waals surface area contributed by atoms with Gasteiger partial charge in [-0.2, -0.15) is 0 Å². The van der Waals surface area contributed by atoms with E-state index in [-0.39, 0.29) is 0 Å². The second-order valence-electron chi connectivity index (χ2n) is 5.51. The summed E-state index contributed by atoms with van der Waals surface area (Å²) in [5, 5.41) is 3.69. The van der Waals surface area contributed by atoms with Crippen molar-refractivity contribution in [3.8, 4) is 5.75 Å². The van der Waals surface area contributed by atoms with Gasteiger partial charge in [0.25, 0.3) is 0 Å². The molecule has 0 saturated heterocycles. The van der Waals surface area contributed by atoms with Crippen molar-refractivity contribution in [2.75, 3.05) is 7.11 Å². The normalized spacial score (nSPS) is 20.7. The van der Waals surface area contributed by atoms with Gasteiger partial charge in [-0.25, -0.2) is 0 Å². The van der Waals surface area contributed by atoms with Crippen molar-refractivity contribution in [2.24, 2.45) is 5.41 Å². The number of hydrogen-bond donors (Lipinski definition) is 1. The van der Waals surface area contributed by atoms with Crippen LogP contribution in [0.4, 0.5) is 0 Å². The lowest BCUT2D eigenvalue weighted by Gasteiger charge is -2.26. The van der Waals surface area contributed by atoms with Crippen molar-refractivity contribution >= 4 is 0 Å². The van der Waals surface area contributed by atoms with Crippen LogP contribution < -0.4 is 10.1 Å². The zero-order chi connectivity index (χ0) is 12.5. The van der Waals surface area contributed by atoms with Gasteiger partial charge < -0.3 is 10.1 Å². The fraction of sp³-hybridized carbons (Fsp3) is 0.600. The van der Waals surface area contributed by atoms with Gasteiger partial charge in [-0.05, 0) is 38.2 Å². The Labute approximate surface area is 104 Å². The van der Waals surface area contributed by atoms with Crippen LogP contribution in [0.15, 0.2) is 24.3 Å². The Balaban J connectivity index is 2.06. The monoisotopic (exact) mass is 233 g/mol. The van der Waals surface area contributed by atoms with E-state index in [2.05, 4.69) is 38.2 Å². The fourth-order valence-electron chi connectivity index (χ4n) is 2.32. The van der Waals surface area contributed by atoms with Crippen molar-refractivity contribution in [1.29, 1.82) is 0 Å². The SMILES string of the molecule is COc1ccccc1[C@@H](C)NC(C)C1(C)CC1. The molecule has 0 heterocycles. The summed E-state index contributed by atoms with van der Waals surface area (Å²) < 4.78 is 5.41. The quantitative estimate of drug-likeness (QED) is 0.840. The van der Waals surface area contributed by atoms with Crippen LogP contribution in [-0.4, -0.2) is 13.2 Å². The lowest BCUT2D eigenvalue weighted by Crippen LogP contribution is -2.35. The Bertz CT molecular complexity index is 384. The zero-order valence-corrected chi connectivity index (χ0v) is 11.3. The third-order valence-corrected chi connectivity index (χ3v) is 4.19. The minimum Gasteiger partial charge on any atom is -0.496 e. The number of methoxy groups -OCH3 is 1. The third kappa shape index (κ3) is 2.63. The second-order valence-corrected chi connectivity index (χ2v) is 5.51. The standard InChI is InChI=1S/C15H23NO/c1-11(16-12(2)15(3)9-10-15)13-7-5-6-8-14(13)17-4/h5-8,11-12,16H,9-10H2,1-4H3/t11-,12?/m1/s1. The first-order valence-corrected chi connectivity index (χ1v) is 6.46. The molecule has 1 fully saturated rings. The van der Waals surface area contributed by atoms with Crippen LogP contribution in [0.3, 0.4) is 0 Å². The van der Waals surface area contributed by atoms with E-state index in [1.54, 1.807) is 7.11 Å². The first-order valence-electron chi connectivity index (χ1n) is 6.46. The van der Waals surface area contributed by atoms with Gasteiger partial charge >= 0.3 is 0 Å². The predicted octanol–water partition coefficient (Wildman–Crippen LogP) is 3.53. The topological polar surface area (TPSA) is 21.3 Å². The van der Waals surface area contributed by atoms with E-state index in [0.717, 1.165) is 5.75 Å². The van der Waals surface area contributed by atoms with Gasteiger partial charge in [0, 0.05) is 17.6 Å². The molecule has 2 heteroatoms. The van der Waals surface area contributed by atoms with Gasteiger partial charge in [-0.1, -0.05) is 25.1 Å². The molecule has 2 nitrogen and oxygen atoms in total. The summed E-state index contributed by atoms with van der Waals surface area (Å²) in [4.78, 5) is 0. The van der Waals surface area contributed by atoms with Crippen molar-refractivity contribution in [1.82, 2.24) is 5.32 Å². The lowest BCUT2D eigenvalue weighted by atomic mass is 9.98. The third-order valence-electron chi connectivity index (χ3n) is 4.19. The van der Waals surface area contributed by atoms with Gasteiger partial charge in [0.2, 0.25) is 0 Å². The molecule has 1 N–H and O–H groups in total. The molecule has 1 aliphatic rings. The molecule has 1 unspecified atom stereocenters. The van der Waals surface area contributed by atoms with E-state index in [4.69, 9.17) is 4.74 Å². The van der Waals surface area contributed by atoms with E-state index in [9.17, 15) is 0 Å². The van der Waals surface area contributed by atoms with Crippen molar-refractivity contribution < 1.29 is 4.74 Å². The van der Waals surface area contributed by atoms with Crippen LogP contribution >= 0.6 is 0 Å². The zero-order valence-electron chi connectivity index (χ0n) is 11.3. The van der Waals surface area contributed by atoms with Gasteiger partial charge in [0.05, 0.1) is 7.11 Å². The summed E-state index contributed by atoms with van der Waals surface area (Å²) in [6.45, 7) is 6.86. The molecule has 94 valence electrons. The van der Waals surface area contributed by atoms with Gasteiger partial charge in [0.1, 0.15) is 5.75 Å². The van der Waals surface area contributed by atoms with Crippen LogP contribution in [0.25, 0.3) is 0 Å². The predicted molar refractivity (Wildman–Crippen MR) is 71.3 cm³/mol. The number of ether oxygens (including phenoxy) is 1. The van der Waals surface area contributed by atoms with Crippen molar-refractivity contribution in [3.63, 3.8) is 0 Å².